The Kier molecular flexibility index (Phi) is 5.16. The van der Waals surface area contributed by atoms with Crippen molar-refractivity contribution >= 4 is 17.3 Å². The zero-order valence-corrected chi connectivity index (χ0v) is 11.7. The van der Waals surface area contributed by atoms with Crippen molar-refractivity contribution in [1.29, 1.82) is 0 Å². The highest BCUT2D eigenvalue weighted by Crippen LogP contribution is 2.22. The van der Waals surface area contributed by atoms with Crippen molar-refractivity contribution in [2.45, 2.75) is 6.54 Å². The zero-order chi connectivity index (χ0) is 15.9. The first kappa shape index (κ1) is 15.6. The van der Waals surface area contributed by atoms with Crippen LogP contribution in [0.3, 0.4) is 0 Å². The van der Waals surface area contributed by atoms with Crippen molar-refractivity contribution in [3.63, 3.8) is 0 Å². The van der Waals surface area contributed by atoms with Crippen molar-refractivity contribution in [2.75, 3.05) is 11.9 Å². The molecule has 0 spiro atoms. The number of carbonyl (C=O) groups excluding carboxylic acids is 1. The lowest BCUT2D eigenvalue weighted by Gasteiger charge is -2.05. The second-order valence-electron chi connectivity index (χ2n) is 4.65. The number of halogens is 1. The van der Waals surface area contributed by atoms with E-state index in [-0.39, 0.29) is 29.6 Å². The van der Waals surface area contributed by atoms with Gasteiger partial charge >= 0.3 is 0 Å². The first-order valence-electron chi connectivity index (χ1n) is 6.65. The molecule has 7 heteroatoms. The number of nitro groups is 1. The Morgan fingerprint density at radius 2 is 1.86 bits per heavy atom. The molecule has 22 heavy (non-hydrogen) atoms. The first-order chi connectivity index (χ1) is 10.6. The molecule has 0 fully saturated rings. The summed E-state index contributed by atoms with van der Waals surface area (Å²) in [5, 5.41) is 15.1. The van der Waals surface area contributed by atoms with Crippen LogP contribution < -0.4 is 10.6 Å². The van der Waals surface area contributed by atoms with Gasteiger partial charge in [-0.05, 0) is 18.2 Å². The van der Waals surface area contributed by atoms with Gasteiger partial charge in [0.05, 0.1) is 4.92 Å². The predicted octanol–water partition coefficient (Wildman–Crippen LogP) is 1.44. The number of nitrogens with zero attached hydrogens (tertiary/aromatic N) is 1. The number of rotatable bonds is 6. The smallest absolute Gasteiger partial charge is 0.292 e. The SMILES string of the molecule is O=C(C[NH2+]Cc1ccc(F)cc1)Nc1ccccc1[N+](=O)[O-]. The molecule has 2 rings (SSSR count). The number of quaternary nitrogens is 1. The van der Waals surface area contributed by atoms with E-state index < -0.39 is 4.92 Å². The van der Waals surface area contributed by atoms with Gasteiger partial charge in [-0.15, -0.1) is 0 Å². The van der Waals surface area contributed by atoms with Crippen LogP contribution in [0, 0.1) is 15.9 Å². The van der Waals surface area contributed by atoms with Crippen molar-refractivity contribution in [3.8, 4) is 0 Å². The van der Waals surface area contributed by atoms with Gasteiger partial charge in [-0.3, -0.25) is 14.9 Å². The molecule has 0 aliphatic rings. The number of para-hydroxylation sites is 2. The summed E-state index contributed by atoms with van der Waals surface area (Å²) in [6.45, 7) is 0.633. The Labute approximate surface area is 126 Å². The monoisotopic (exact) mass is 304 g/mol. The Morgan fingerprint density at radius 1 is 1.18 bits per heavy atom. The average Bonchev–Trinajstić information content (AvgIpc) is 2.49. The maximum atomic E-state index is 12.8. The number of nitrogens with one attached hydrogen (secondary N) is 1. The number of anilines is 1. The number of amides is 1. The highest BCUT2D eigenvalue weighted by Gasteiger charge is 2.15. The quantitative estimate of drug-likeness (QED) is 0.625. The van der Waals surface area contributed by atoms with Crippen LogP contribution in [-0.2, 0) is 11.3 Å². The molecule has 0 radical (unpaired) electrons. The van der Waals surface area contributed by atoms with Crippen LogP contribution in [0.2, 0.25) is 0 Å². The number of carbonyl (C=O) groups is 1. The van der Waals surface area contributed by atoms with E-state index in [1.54, 1.807) is 23.5 Å². The summed E-state index contributed by atoms with van der Waals surface area (Å²) in [6, 6.07) is 12.0. The van der Waals surface area contributed by atoms with Gasteiger partial charge in [0.2, 0.25) is 0 Å². The van der Waals surface area contributed by atoms with E-state index in [0.717, 1.165) is 5.56 Å². The summed E-state index contributed by atoms with van der Waals surface area (Å²) in [5.74, 6) is -0.644. The number of hydrogen-bond donors (Lipinski definition) is 2. The molecule has 1 amide bonds. The van der Waals surface area contributed by atoms with Gasteiger partial charge in [-0.25, -0.2) is 4.39 Å². The molecule has 0 aliphatic heterocycles. The molecule has 0 aromatic heterocycles. The van der Waals surface area contributed by atoms with Gasteiger partial charge < -0.3 is 10.6 Å². The molecule has 0 saturated heterocycles. The number of benzene rings is 2. The molecule has 0 aliphatic carbocycles. The van der Waals surface area contributed by atoms with Crippen LogP contribution in [0.4, 0.5) is 15.8 Å². The Bertz CT molecular complexity index is 674. The topological polar surface area (TPSA) is 88.8 Å². The van der Waals surface area contributed by atoms with E-state index >= 15 is 0 Å². The van der Waals surface area contributed by atoms with Crippen molar-refractivity contribution in [3.05, 3.63) is 70.0 Å². The summed E-state index contributed by atoms with van der Waals surface area (Å²) < 4.78 is 12.8. The van der Waals surface area contributed by atoms with Crippen LogP contribution >= 0.6 is 0 Å². The van der Waals surface area contributed by atoms with E-state index in [1.165, 1.54) is 30.3 Å². The number of nitro benzene ring substituents is 1. The van der Waals surface area contributed by atoms with E-state index in [2.05, 4.69) is 5.32 Å². The fraction of sp³-hybridized carbons (Fsp3) is 0.133. The van der Waals surface area contributed by atoms with E-state index in [0.29, 0.717) is 6.54 Å². The van der Waals surface area contributed by atoms with Crippen LogP contribution in [0.1, 0.15) is 5.56 Å². The van der Waals surface area contributed by atoms with Gasteiger partial charge in [0.1, 0.15) is 18.0 Å². The van der Waals surface area contributed by atoms with Gasteiger partial charge in [0.25, 0.3) is 11.6 Å². The Hall–Kier alpha value is -2.80. The summed E-state index contributed by atoms with van der Waals surface area (Å²) in [5.41, 5.74) is 0.918. The maximum Gasteiger partial charge on any atom is 0.292 e. The third kappa shape index (κ3) is 4.35. The van der Waals surface area contributed by atoms with Gasteiger partial charge in [-0.2, -0.15) is 0 Å². The van der Waals surface area contributed by atoms with E-state index in [1.807, 2.05) is 0 Å². The lowest BCUT2D eigenvalue weighted by atomic mass is 10.2. The van der Waals surface area contributed by atoms with Gasteiger partial charge in [0.15, 0.2) is 6.54 Å². The second kappa shape index (κ2) is 7.28. The fourth-order valence-corrected chi connectivity index (χ4v) is 1.93. The van der Waals surface area contributed by atoms with Crippen LogP contribution in [0.5, 0.6) is 0 Å². The normalized spacial score (nSPS) is 10.2. The summed E-state index contributed by atoms with van der Waals surface area (Å²) in [7, 11) is 0. The Balaban J connectivity index is 1.86. The minimum absolute atomic E-state index is 0.115. The molecule has 114 valence electrons. The number of nitrogens with two attached hydrogens (primary N) is 1. The maximum absolute atomic E-state index is 12.8. The molecule has 6 nitrogen and oxygen atoms in total. The zero-order valence-electron chi connectivity index (χ0n) is 11.7. The molecular formula is C15H15FN3O3+. The summed E-state index contributed by atoms with van der Waals surface area (Å²) in [4.78, 5) is 22.1. The predicted molar refractivity (Wildman–Crippen MR) is 78.6 cm³/mol. The standard InChI is InChI=1S/C15H14FN3O3/c16-12-7-5-11(6-8-12)9-17-10-15(20)18-13-3-1-2-4-14(13)19(21)22/h1-8,17H,9-10H2,(H,18,20)/p+1. The van der Waals surface area contributed by atoms with Crippen molar-refractivity contribution in [1.82, 2.24) is 0 Å². The highest BCUT2D eigenvalue weighted by atomic mass is 19.1. The molecular weight excluding hydrogens is 289 g/mol. The summed E-state index contributed by atoms with van der Waals surface area (Å²) >= 11 is 0. The molecule has 0 bridgehead atoms. The average molecular weight is 304 g/mol. The molecule has 0 atom stereocenters. The lowest BCUT2D eigenvalue weighted by Crippen LogP contribution is -2.84. The van der Waals surface area contributed by atoms with Gasteiger partial charge in [0, 0.05) is 11.6 Å². The van der Waals surface area contributed by atoms with Crippen LogP contribution in [0.15, 0.2) is 48.5 Å². The summed E-state index contributed by atoms with van der Waals surface area (Å²) in [6.07, 6.45) is 0. The molecule has 0 saturated carbocycles. The number of hydrogen-bond acceptors (Lipinski definition) is 3. The largest absolute Gasteiger partial charge is 0.335 e. The minimum atomic E-state index is -0.544. The van der Waals surface area contributed by atoms with Crippen LogP contribution in [-0.4, -0.2) is 17.4 Å². The molecule has 2 aromatic rings. The van der Waals surface area contributed by atoms with E-state index in [4.69, 9.17) is 0 Å². The molecule has 3 N–H and O–H groups in total. The highest BCUT2D eigenvalue weighted by molar-refractivity contribution is 5.93. The third-order valence-corrected chi connectivity index (χ3v) is 3.00. The minimum Gasteiger partial charge on any atom is -0.335 e. The van der Waals surface area contributed by atoms with Crippen molar-refractivity contribution < 1.29 is 19.4 Å². The first-order valence-corrected chi connectivity index (χ1v) is 6.65. The molecule has 0 unspecified atom stereocenters. The molecule has 0 heterocycles. The van der Waals surface area contributed by atoms with E-state index in [9.17, 15) is 19.3 Å². The Morgan fingerprint density at radius 3 is 2.55 bits per heavy atom. The fourth-order valence-electron chi connectivity index (χ4n) is 1.93. The van der Waals surface area contributed by atoms with Crippen LogP contribution in [0.25, 0.3) is 0 Å². The van der Waals surface area contributed by atoms with Gasteiger partial charge in [-0.1, -0.05) is 24.3 Å². The van der Waals surface area contributed by atoms with Crippen molar-refractivity contribution in [2.24, 2.45) is 0 Å². The molecule has 2 aromatic carbocycles. The second-order valence-corrected chi connectivity index (χ2v) is 4.65. The lowest BCUT2D eigenvalue weighted by molar-refractivity contribution is -0.659. The third-order valence-electron chi connectivity index (χ3n) is 3.00.